The van der Waals surface area contributed by atoms with Gasteiger partial charge < -0.3 is 5.11 Å². The number of hydrogen-bond acceptors (Lipinski definition) is 3. The van der Waals surface area contributed by atoms with Gasteiger partial charge in [-0.2, -0.15) is 5.10 Å². The van der Waals surface area contributed by atoms with Crippen LogP contribution in [-0.2, 0) is 6.54 Å². The number of nitrogens with zero attached hydrogens (tertiary/aromatic N) is 2. The molecule has 1 aromatic carbocycles. The third kappa shape index (κ3) is 3.01. The molecule has 19 heavy (non-hydrogen) atoms. The molecule has 1 aromatic heterocycles. The molecule has 0 aliphatic carbocycles. The van der Waals surface area contributed by atoms with Gasteiger partial charge in [-0.1, -0.05) is 0 Å². The Labute approximate surface area is 105 Å². The van der Waals surface area contributed by atoms with Crippen molar-refractivity contribution in [2.75, 3.05) is 0 Å². The van der Waals surface area contributed by atoms with E-state index in [9.17, 15) is 18.4 Å². The van der Waals surface area contributed by atoms with Crippen LogP contribution in [0.15, 0.2) is 35.1 Å². The van der Waals surface area contributed by atoms with Crippen LogP contribution < -0.4 is 5.56 Å². The van der Waals surface area contributed by atoms with E-state index in [-0.39, 0.29) is 17.8 Å². The molecule has 0 aliphatic rings. The Balaban J connectivity index is 2.40. The lowest BCUT2D eigenvalue weighted by molar-refractivity contribution is 0.0687. The fourth-order valence-corrected chi connectivity index (χ4v) is 1.55. The monoisotopic (exact) mass is 266 g/mol. The quantitative estimate of drug-likeness (QED) is 0.908. The van der Waals surface area contributed by atoms with E-state index in [0.29, 0.717) is 6.07 Å². The van der Waals surface area contributed by atoms with Gasteiger partial charge >= 0.3 is 5.97 Å². The average molecular weight is 266 g/mol. The number of aromatic carboxylic acids is 1. The summed E-state index contributed by atoms with van der Waals surface area (Å²) in [7, 11) is 0. The molecule has 0 saturated heterocycles. The Morgan fingerprint density at radius 1 is 1.21 bits per heavy atom. The van der Waals surface area contributed by atoms with Crippen molar-refractivity contribution in [3.05, 3.63) is 63.6 Å². The molecule has 5 nitrogen and oxygen atoms in total. The molecule has 0 atom stereocenters. The van der Waals surface area contributed by atoms with Gasteiger partial charge in [-0.15, -0.1) is 0 Å². The van der Waals surface area contributed by atoms with Gasteiger partial charge in [0.05, 0.1) is 6.54 Å². The van der Waals surface area contributed by atoms with Crippen molar-refractivity contribution in [2.24, 2.45) is 0 Å². The van der Waals surface area contributed by atoms with Gasteiger partial charge in [0.25, 0.3) is 5.56 Å². The highest BCUT2D eigenvalue weighted by molar-refractivity contribution is 5.84. The molecule has 98 valence electrons. The molecule has 0 saturated carbocycles. The van der Waals surface area contributed by atoms with Crippen LogP contribution in [0.5, 0.6) is 0 Å². The van der Waals surface area contributed by atoms with Gasteiger partial charge in [0.15, 0.2) is 5.69 Å². The van der Waals surface area contributed by atoms with Crippen molar-refractivity contribution in [3.63, 3.8) is 0 Å². The van der Waals surface area contributed by atoms with Crippen LogP contribution in [0.25, 0.3) is 0 Å². The first-order valence-corrected chi connectivity index (χ1v) is 5.22. The number of halogens is 2. The minimum absolute atomic E-state index is 0.176. The second-order valence-electron chi connectivity index (χ2n) is 3.80. The van der Waals surface area contributed by atoms with Crippen LogP contribution in [0.3, 0.4) is 0 Å². The lowest BCUT2D eigenvalue weighted by Crippen LogP contribution is -2.24. The van der Waals surface area contributed by atoms with E-state index in [1.807, 2.05) is 0 Å². The molecule has 2 aromatic rings. The number of benzene rings is 1. The summed E-state index contributed by atoms with van der Waals surface area (Å²) in [5, 5.41) is 12.3. The molecular formula is C12H8F2N2O3. The Morgan fingerprint density at radius 2 is 1.84 bits per heavy atom. The summed E-state index contributed by atoms with van der Waals surface area (Å²) in [6.07, 6.45) is 0. The Morgan fingerprint density at radius 3 is 2.42 bits per heavy atom. The van der Waals surface area contributed by atoms with Gasteiger partial charge in [-0.05, 0) is 23.8 Å². The van der Waals surface area contributed by atoms with Crippen LogP contribution in [0.2, 0.25) is 0 Å². The second kappa shape index (κ2) is 4.97. The maximum atomic E-state index is 13.0. The number of carboxylic acids is 1. The molecule has 0 amide bonds. The first-order chi connectivity index (χ1) is 8.95. The van der Waals surface area contributed by atoms with Crippen molar-refractivity contribution in [2.45, 2.75) is 6.54 Å². The lowest BCUT2D eigenvalue weighted by Gasteiger charge is -2.05. The summed E-state index contributed by atoms with van der Waals surface area (Å²) < 4.78 is 26.8. The molecule has 7 heteroatoms. The number of hydrogen-bond donors (Lipinski definition) is 1. The van der Waals surface area contributed by atoms with Crippen molar-refractivity contribution in [1.82, 2.24) is 9.78 Å². The van der Waals surface area contributed by atoms with Crippen LogP contribution in [0, 0.1) is 11.6 Å². The molecule has 0 aliphatic heterocycles. The van der Waals surface area contributed by atoms with Crippen LogP contribution in [-0.4, -0.2) is 20.9 Å². The van der Waals surface area contributed by atoms with E-state index in [4.69, 9.17) is 5.11 Å². The first-order valence-electron chi connectivity index (χ1n) is 5.22. The van der Waals surface area contributed by atoms with Gasteiger partial charge in [0.1, 0.15) is 11.6 Å². The zero-order valence-electron chi connectivity index (χ0n) is 9.51. The zero-order chi connectivity index (χ0) is 14.0. The van der Waals surface area contributed by atoms with E-state index in [2.05, 4.69) is 5.10 Å². The normalized spacial score (nSPS) is 10.4. The SMILES string of the molecule is O=C(O)c1ccc(=O)n(Cc2cc(F)cc(F)c2)n1. The molecule has 0 radical (unpaired) electrons. The van der Waals surface area contributed by atoms with Crippen molar-refractivity contribution in [3.8, 4) is 0 Å². The molecule has 0 fully saturated rings. The summed E-state index contributed by atoms with van der Waals surface area (Å²) >= 11 is 0. The van der Waals surface area contributed by atoms with Gasteiger partial charge in [-0.25, -0.2) is 18.3 Å². The van der Waals surface area contributed by atoms with E-state index < -0.39 is 23.2 Å². The van der Waals surface area contributed by atoms with Crippen LogP contribution >= 0.6 is 0 Å². The predicted molar refractivity (Wildman–Crippen MR) is 60.9 cm³/mol. The fourth-order valence-electron chi connectivity index (χ4n) is 1.55. The molecule has 0 unspecified atom stereocenters. The Hall–Kier alpha value is -2.57. The summed E-state index contributed by atoms with van der Waals surface area (Å²) in [6, 6.07) is 4.89. The van der Waals surface area contributed by atoms with Crippen molar-refractivity contribution in [1.29, 1.82) is 0 Å². The fraction of sp³-hybridized carbons (Fsp3) is 0.0833. The molecule has 2 rings (SSSR count). The third-order valence-corrected chi connectivity index (χ3v) is 2.34. The lowest BCUT2D eigenvalue weighted by atomic mass is 10.2. The van der Waals surface area contributed by atoms with Crippen molar-refractivity contribution >= 4 is 5.97 Å². The summed E-state index contributed by atoms with van der Waals surface area (Å²) in [4.78, 5) is 22.2. The van der Waals surface area contributed by atoms with Crippen molar-refractivity contribution < 1.29 is 18.7 Å². The molecule has 1 N–H and O–H groups in total. The Bertz CT molecular complexity index is 677. The summed E-state index contributed by atoms with van der Waals surface area (Å²) in [5.74, 6) is -2.85. The molecular weight excluding hydrogens is 258 g/mol. The largest absolute Gasteiger partial charge is 0.476 e. The standard InChI is InChI=1S/C12H8F2N2O3/c13-8-3-7(4-9(14)5-8)6-16-11(17)2-1-10(15-16)12(18)19/h1-5H,6H2,(H,18,19). The minimum Gasteiger partial charge on any atom is -0.476 e. The average Bonchev–Trinajstić information content (AvgIpc) is 2.30. The number of rotatable bonds is 3. The van der Waals surface area contributed by atoms with E-state index in [0.717, 1.165) is 28.9 Å². The Kier molecular flexibility index (Phi) is 3.37. The number of carboxylic acid groups (broad SMARTS) is 1. The number of carbonyl (C=O) groups is 1. The van der Waals surface area contributed by atoms with E-state index >= 15 is 0 Å². The molecule has 0 bridgehead atoms. The predicted octanol–water partition coefficient (Wildman–Crippen LogP) is 1.27. The zero-order valence-corrected chi connectivity index (χ0v) is 9.51. The summed E-state index contributed by atoms with van der Waals surface area (Å²) in [5.41, 5.74) is -0.708. The van der Waals surface area contributed by atoms with Gasteiger partial charge in [-0.3, -0.25) is 4.79 Å². The van der Waals surface area contributed by atoms with E-state index in [1.165, 1.54) is 0 Å². The highest BCUT2D eigenvalue weighted by atomic mass is 19.1. The topological polar surface area (TPSA) is 72.2 Å². The van der Waals surface area contributed by atoms with Crippen LogP contribution in [0.4, 0.5) is 8.78 Å². The first kappa shape index (κ1) is 12.9. The maximum absolute atomic E-state index is 13.0. The van der Waals surface area contributed by atoms with E-state index in [1.54, 1.807) is 0 Å². The minimum atomic E-state index is -1.29. The number of aromatic nitrogens is 2. The highest BCUT2D eigenvalue weighted by Crippen LogP contribution is 2.08. The highest BCUT2D eigenvalue weighted by Gasteiger charge is 2.08. The second-order valence-corrected chi connectivity index (χ2v) is 3.80. The van der Waals surface area contributed by atoms with Gasteiger partial charge in [0, 0.05) is 12.1 Å². The smallest absolute Gasteiger partial charge is 0.356 e. The third-order valence-electron chi connectivity index (χ3n) is 2.34. The summed E-state index contributed by atoms with van der Waals surface area (Å²) in [6.45, 7) is -0.214. The molecule has 0 spiro atoms. The van der Waals surface area contributed by atoms with Crippen LogP contribution in [0.1, 0.15) is 16.1 Å². The van der Waals surface area contributed by atoms with Gasteiger partial charge in [0.2, 0.25) is 0 Å². The molecule has 1 heterocycles. The maximum Gasteiger partial charge on any atom is 0.356 e.